The van der Waals surface area contributed by atoms with E-state index in [0.29, 0.717) is 0 Å². The zero-order valence-corrected chi connectivity index (χ0v) is 10.5. The van der Waals surface area contributed by atoms with Crippen LogP contribution in [0.1, 0.15) is 52.9 Å². The van der Waals surface area contributed by atoms with Crippen molar-refractivity contribution in [1.29, 1.82) is 0 Å². The number of hydrogen-bond donors (Lipinski definition) is 0. The average Bonchev–Trinajstić information content (AvgIpc) is 2.43. The average molecular weight is 204 g/mol. The molecule has 0 bridgehead atoms. The van der Waals surface area contributed by atoms with E-state index in [9.17, 15) is 0 Å². The molecule has 2 aliphatic rings. The van der Waals surface area contributed by atoms with E-state index < -0.39 is 0 Å². The molecule has 1 unspecified atom stereocenters. The van der Waals surface area contributed by atoms with Crippen molar-refractivity contribution in [3.8, 4) is 0 Å². The van der Waals surface area contributed by atoms with E-state index in [2.05, 4.69) is 27.4 Å². The van der Waals surface area contributed by atoms with Gasteiger partial charge in [0.05, 0.1) is 0 Å². The van der Waals surface area contributed by atoms with E-state index in [-0.39, 0.29) is 0 Å². The SMILES string of the molecule is C=C(C)[C@@H]1CC[C@H](C)C2CCC(C)=C2C1. The summed E-state index contributed by atoms with van der Waals surface area (Å²) < 4.78 is 0. The Bertz CT molecular complexity index is 295. The lowest BCUT2D eigenvalue weighted by molar-refractivity contribution is 0.385. The first-order chi connectivity index (χ1) is 7.09. The lowest BCUT2D eigenvalue weighted by Gasteiger charge is -2.19. The molecule has 0 spiro atoms. The van der Waals surface area contributed by atoms with Crippen LogP contribution in [0, 0.1) is 17.8 Å². The standard InChI is InChI=1S/C15H24/c1-10(2)13-7-5-11(3)14-8-6-12(4)15(14)9-13/h11,13-14H,1,5-9H2,2-4H3/t11-,13+,14?/m0/s1. The van der Waals surface area contributed by atoms with Gasteiger partial charge < -0.3 is 0 Å². The van der Waals surface area contributed by atoms with Crippen molar-refractivity contribution < 1.29 is 0 Å². The fourth-order valence-electron chi connectivity index (χ4n) is 3.43. The highest BCUT2D eigenvalue weighted by atomic mass is 14.4. The first-order valence-corrected chi connectivity index (χ1v) is 6.43. The van der Waals surface area contributed by atoms with Crippen LogP contribution in [0.15, 0.2) is 23.3 Å². The van der Waals surface area contributed by atoms with E-state index in [4.69, 9.17) is 0 Å². The second-order valence-corrected chi connectivity index (χ2v) is 5.75. The smallest absolute Gasteiger partial charge is 0.0171 e. The molecular formula is C15H24. The van der Waals surface area contributed by atoms with E-state index >= 15 is 0 Å². The Balaban J connectivity index is 2.23. The van der Waals surface area contributed by atoms with Crippen molar-refractivity contribution in [3.63, 3.8) is 0 Å². The Hall–Kier alpha value is -0.520. The molecule has 0 amide bonds. The number of allylic oxidation sites excluding steroid dienone is 3. The van der Waals surface area contributed by atoms with Crippen molar-refractivity contribution in [2.45, 2.75) is 52.9 Å². The molecular weight excluding hydrogens is 180 g/mol. The maximum absolute atomic E-state index is 4.16. The van der Waals surface area contributed by atoms with E-state index in [1.807, 2.05) is 0 Å². The molecule has 0 saturated heterocycles. The highest BCUT2D eigenvalue weighted by Gasteiger charge is 2.32. The summed E-state index contributed by atoms with van der Waals surface area (Å²) in [5.41, 5.74) is 4.89. The van der Waals surface area contributed by atoms with Gasteiger partial charge in [-0.25, -0.2) is 0 Å². The van der Waals surface area contributed by atoms with Gasteiger partial charge in [-0.2, -0.15) is 0 Å². The highest BCUT2D eigenvalue weighted by Crippen LogP contribution is 2.46. The summed E-state index contributed by atoms with van der Waals surface area (Å²) >= 11 is 0. The summed E-state index contributed by atoms with van der Waals surface area (Å²) in [6.45, 7) is 11.2. The zero-order valence-electron chi connectivity index (χ0n) is 10.5. The topological polar surface area (TPSA) is 0 Å². The van der Waals surface area contributed by atoms with Crippen LogP contribution in [-0.4, -0.2) is 0 Å². The number of rotatable bonds is 1. The summed E-state index contributed by atoms with van der Waals surface area (Å²) in [6.07, 6.45) is 6.86. The molecule has 0 heteroatoms. The normalized spacial score (nSPS) is 36.3. The molecule has 1 fully saturated rings. The van der Waals surface area contributed by atoms with E-state index in [1.165, 1.54) is 37.7 Å². The summed E-state index contributed by atoms with van der Waals surface area (Å²) in [4.78, 5) is 0. The Morgan fingerprint density at radius 3 is 2.67 bits per heavy atom. The van der Waals surface area contributed by atoms with Crippen LogP contribution >= 0.6 is 0 Å². The van der Waals surface area contributed by atoms with Crippen LogP contribution in [-0.2, 0) is 0 Å². The number of fused-ring (bicyclic) bond motifs is 1. The lowest BCUT2D eigenvalue weighted by Crippen LogP contribution is -2.08. The second-order valence-electron chi connectivity index (χ2n) is 5.75. The van der Waals surface area contributed by atoms with E-state index in [0.717, 1.165) is 17.8 Å². The molecule has 1 saturated carbocycles. The first kappa shape index (κ1) is 11.0. The number of hydrogen-bond acceptors (Lipinski definition) is 0. The summed E-state index contributed by atoms with van der Waals surface area (Å²) in [5, 5.41) is 0. The van der Waals surface area contributed by atoms with Crippen molar-refractivity contribution in [3.05, 3.63) is 23.3 Å². The second kappa shape index (κ2) is 4.15. The largest absolute Gasteiger partial charge is 0.0998 e. The quantitative estimate of drug-likeness (QED) is 0.542. The van der Waals surface area contributed by atoms with Gasteiger partial charge in [-0.1, -0.05) is 30.2 Å². The Labute approximate surface area is 94.5 Å². The molecule has 0 aromatic carbocycles. The summed E-state index contributed by atoms with van der Waals surface area (Å²) in [5.74, 6) is 2.58. The predicted molar refractivity (Wildman–Crippen MR) is 66.7 cm³/mol. The first-order valence-electron chi connectivity index (χ1n) is 6.43. The minimum absolute atomic E-state index is 0.764. The van der Waals surface area contributed by atoms with Crippen molar-refractivity contribution in [1.82, 2.24) is 0 Å². The molecule has 0 N–H and O–H groups in total. The van der Waals surface area contributed by atoms with Gasteiger partial charge in [-0.05, 0) is 63.7 Å². The van der Waals surface area contributed by atoms with Crippen LogP contribution < -0.4 is 0 Å². The van der Waals surface area contributed by atoms with Crippen LogP contribution in [0.5, 0.6) is 0 Å². The van der Waals surface area contributed by atoms with Gasteiger partial charge in [0.25, 0.3) is 0 Å². The van der Waals surface area contributed by atoms with Gasteiger partial charge in [0, 0.05) is 0 Å². The van der Waals surface area contributed by atoms with Gasteiger partial charge in [0.2, 0.25) is 0 Å². The third kappa shape index (κ3) is 2.04. The fourth-order valence-corrected chi connectivity index (χ4v) is 3.43. The minimum atomic E-state index is 0.764. The molecule has 0 aliphatic heterocycles. The van der Waals surface area contributed by atoms with Gasteiger partial charge in [0.1, 0.15) is 0 Å². The zero-order chi connectivity index (χ0) is 11.0. The maximum atomic E-state index is 4.16. The molecule has 15 heavy (non-hydrogen) atoms. The molecule has 2 rings (SSSR count). The van der Waals surface area contributed by atoms with Crippen LogP contribution in [0.3, 0.4) is 0 Å². The van der Waals surface area contributed by atoms with Crippen molar-refractivity contribution in [2.75, 3.05) is 0 Å². The third-order valence-corrected chi connectivity index (χ3v) is 4.65. The van der Waals surface area contributed by atoms with Crippen LogP contribution in [0.4, 0.5) is 0 Å². The molecule has 3 atom stereocenters. The van der Waals surface area contributed by atoms with Gasteiger partial charge in [0.15, 0.2) is 0 Å². The van der Waals surface area contributed by atoms with Gasteiger partial charge >= 0.3 is 0 Å². The van der Waals surface area contributed by atoms with E-state index in [1.54, 1.807) is 11.1 Å². The Kier molecular flexibility index (Phi) is 3.04. The molecule has 0 heterocycles. The van der Waals surface area contributed by atoms with Crippen LogP contribution in [0.2, 0.25) is 0 Å². The summed E-state index contributed by atoms with van der Waals surface area (Å²) in [6, 6.07) is 0. The lowest BCUT2D eigenvalue weighted by atomic mass is 9.86. The third-order valence-electron chi connectivity index (χ3n) is 4.65. The van der Waals surface area contributed by atoms with Crippen LogP contribution in [0.25, 0.3) is 0 Å². The summed E-state index contributed by atoms with van der Waals surface area (Å²) in [7, 11) is 0. The predicted octanol–water partition coefficient (Wildman–Crippen LogP) is 4.73. The highest BCUT2D eigenvalue weighted by molar-refractivity contribution is 5.25. The van der Waals surface area contributed by atoms with Gasteiger partial charge in [-0.3, -0.25) is 0 Å². The Morgan fingerprint density at radius 2 is 2.00 bits per heavy atom. The molecule has 2 aliphatic carbocycles. The fraction of sp³-hybridized carbons (Fsp3) is 0.733. The van der Waals surface area contributed by atoms with Crippen molar-refractivity contribution in [2.24, 2.45) is 17.8 Å². The van der Waals surface area contributed by atoms with Gasteiger partial charge in [-0.15, -0.1) is 0 Å². The monoisotopic (exact) mass is 204 g/mol. The minimum Gasteiger partial charge on any atom is -0.0998 e. The molecule has 0 aromatic heterocycles. The molecule has 0 aromatic rings. The molecule has 0 nitrogen and oxygen atoms in total. The maximum Gasteiger partial charge on any atom is -0.0171 e. The Morgan fingerprint density at radius 1 is 1.27 bits per heavy atom. The molecule has 0 radical (unpaired) electrons. The van der Waals surface area contributed by atoms with Crippen molar-refractivity contribution >= 4 is 0 Å². The molecule has 84 valence electrons.